The molecule has 18 heavy (non-hydrogen) atoms. The fraction of sp³-hybridized carbons (Fsp3) is 0.417. The lowest BCUT2D eigenvalue weighted by atomic mass is 10.3. The van der Waals surface area contributed by atoms with Gasteiger partial charge >= 0.3 is 5.97 Å². The van der Waals surface area contributed by atoms with E-state index in [1.54, 1.807) is 13.8 Å². The van der Waals surface area contributed by atoms with Gasteiger partial charge in [0, 0.05) is 6.26 Å². The third-order valence-corrected chi connectivity index (χ3v) is 3.31. The molecule has 0 radical (unpaired) electrons. The van der Waals surface area contributed by atoms with Crippen molar-refractivity contribution in [2.75, 3.05) is 12.9 Å². The Morgan fingerprint density at radius 2 is 1.83 bits per heavy atom. The third kappa shape index (κ3) is 4.03. The second-order valence-electron chi connectivity index (χ2n) is 3.76. The number of carbonyl (C=O) groups is 1. The van der Waals surface area contributed by atoms with Gasteiger partial charge in [-0.1, -0.05) is 0 Å². The summed E-state index contributed by atoms with van der Waals surface area (Å²) in [6, 6.07) is 5.88. The van der Waals surface area contributed by atoms with Gasteiger partial charge in [0.1, 0.15) is 5.75 Å². The van der Waals surface area contributed by atoms with Gasteiger partial charge in [0.15, 0.2) is 15.9 Å². The standard InChI is InChI=1S/C12H16O5S/c1-4-16-12(13)9(2)17-10-5-7-11(8-6-10)18(3,14)15/h5-9H,4H2,1-3H3. The Bertz CT molecular complexity index is 504. The molecule has 0 saturated heterocycles. The first-order valence-corrected chi connectivity index (χ1v) is 7.37. The first kappa shape index (κ1) is 14.5. The zero-order valence-corrected chi connectivity index (χ0v) is 11.4. The van der Waals surface area contributed by atoms with Gasteiger partial charge in [-0.15, -0.1) is 0 Å². The van der Waals surface area contributed by atoms with Crippen molar-refractivity contribution in [2.45, 2.75) is 24.8 Å². The topological polar surface area (TPSA) is 69.7 Å². The van der Waals surface area contributed by atoms with Crippen molar-refractivity contribution >= 4 is 15.8 Å². The molecule has 0 spiro atoms. The molecule has 1 atom stereocenters. The highest BCUT2D eigenvalue weighted by atomic mass is 32.2. The van der Waals surface area contributed by atoms with Crippen molar-refractivity contribution in [1.29, 1.82) is 0 Å². The molecular formula is C12H16O5S. The Balaban J connectivity index is 2.73. The average molecular weight is 272 g/mol. The van der Waals surface area contributed by atoms with E-state index in [1.807, 2.05) is 0 Å². The summed E-state index contributed by atoms with van der Waals surface area (Å²) >= 11 is 0. The van der Waals surface area contributed by atoms with Crippen LogP contribution in [-0.2, 0) is 19.4 Å². The molecule has 0 aliphatic rings. The Labute approximate surface area is 107 Å². The van der Waals surface area contributed by atoms with Crippen LogP contribution >= 0.6 is 0 Å². The fourth-order valence-corrected chi connectivity index (χ4v) is 1.91. The highest BCUT2D eigenvalue weighted by Gasteiger charge is 2.16. The maximum Gasteiger partial charge on any atom is 0.347 e. The van der Waals surface area contributed by atoms with Gasteiger partial charge in [-0.05, 0) is 38.1 Å². The van der Waals surface area contributed by atoms with Crippen LogP contribution in [0.25, 0.3) is 0 Å². The van der Waals surface area contributed by atoms with Crippen molar-refractivity contribution in [3.05, 3.63) is 24.3 Å². The minimum Gasteiger partial charge on any atom is -0.479 e. The van der Waals surface area contributed by atoms with Gasteiger partial charge in [0.2, 0.25) is 0 Å². The molecule has 6 heteroatoms. The first-order chi connectivity index (χ1) is 8.34. The number of carbonyl (C=O) groups excluding carboxylic acids is 1. The molecule has 0 heterocycles. The van der Waals surface area contributed by atoms with Crippen LogP contribution in [0, 0.1) is 0 Å². The normalized spacial score (nSPS) is 12.8. The summed E-state index contributed by atoms with van der Waals surface area (Å²) < 4.78 is 32.6. The Hall–Kier alpha value is -1.56. The number of sulfone groups is 1. The smallest absolute Gasteiger partial charge is 0.347 e. The summed E-state index contributed by atoms with van der Waals surface area (Å²) in [7, 11) is -3.22. The molecule has 1 aromatic carbocycles. The molecule has 0 aromatic heterocycles. The Morgan fingerprint density at radius 1 is 1.28 bits per heavy atom. The number of hydrogen-bond donors (Lipinski definition) is 0. The van der Waals surface area contributed by atoms with Crippen LogP contribution in [0.2, 0.25) is 0 Å². The molecule has 0 saturated carbocycles. The minimum atomic E-state index is -3.22. The van der Waals surface area contributed by atoms with Crippen LogP contribution in [0.4, 0.5) is 0 Å². The van der Waals surface area contributed by atoms with Crippen molar-refractivity contribution in [1.82, 2.24) is 0 Å². The Kier molecular flexibility index (Phi) is 4.72. The maximum absolute atomic E-state index is 11.3. The molecular weight excluding hydrogens is 256 g/mol. The van der Waals surface area contributed by atoms with Gasteiger partial charge in [-0.2, -0.15) is 0 Å². The van der Waals surface area contributed by atoms with E-state index in [0.717, 1.165) is 6.26 Å². The third-order valence-electron chi connectivity index (χ3n) is 2.18. The summed E-state index contributed by atoms with van der Waals surface area (Å²) in [6.07, 6.45) is 0.401. The first-order valence-electron chi connectivity index (χ1n) is 5.48. The largest absolute Gasteiger partial charge is 0.479 e. The maximum atomic E-state index is 11.3. The number of benzene rings is 1. The predicted octanol–water partition coefficient (Wildman–Crippen LogP) is 1.42. The number of hydrogen-bond acceptors (Lipinski definition) is 5. The van der Waals surface area contributed by atoms with Crippen molar-refractivity contribution < 1.29 is 22.7 Å². The minimum absolute atomic E-state index is 0.207. The second-order valence-corrected chi connectivity index (χ2v) is 5.77. The molecule has 0 amide bonds. The van der Waals surface area contributed by atoms with Crippen LogP contribution in [0.1, 0.15) is 13.8 Å². The van der Waals surface area contributed by atoms with E-state index in [4.69, 9.17) is 9.47 Å². The molecule has 100 valence electrons. The monoisotopic (exact) mass is 272 g/mol. The molecule has 0 aliphatic heterocycles. The lowest BCUT2D eigenvalue weighted by Gasteiger charge is -2.13. The molecule has 0 fully saturated rings. The molecule has 1 aromatic rings. The van der Waals surface area contributed by atoms with Crippen LogP contribution in [0.3, 0.4) is 0 Å². The molecule has 0 aliphatic carbocycles. The van der Waals surface area contributed by atoms with Crippen molar-refractivity contribution in [2.24, 2.45) is 0 Å². The van der Waals surface area contributed by atoms with Gasteiger partial charge in [-0.25, -0.2) is 13.2 Å². The van der Waals surface area contributed by atoms with Gasteiger partial charge in [0.05, 0.1) is 11.5 Å². The van der Waals surface area contributed by atoms with Crippen LogP contribution in [0.15, 0.2) is 29.2 Å². The summed E-state index contributed by atoms with van der Waals surface area (Å²) in [4.78, 5) is 11.5. The van der Waals surface area contributed by atoms with Crippen molar-refractivity contribution in [3.8, 4) is 5.75 Å². The summed E-state index contributed by atoms with van der Waals surface area (Å²) in [5.41, 5.74) is 0. The molecule has 5 nitrogen and oxygen atoms in total. The lowest BCUT2D eigenvalue weighted by Crippen LogP contribution is -2.26. The second kappa shape index (κ2) is 5.86. The van der Waals surface area contributed by atoms with Crippen LogP contribution < -0.4 is 4.74 Å². The van der Waals surface area contributed by atoms with Gasteiger partial charge in [-0.3, -0.25) is 0 Å². The average Bonchev–Trinajstić information content (AvgIpc) is 2.28. The molecule has 1 unspecified atom stereocenters. The Morgan fingerprint density at radius 3 is 2.28 bits per heavy atom. The quantitative estimate of drug-likeness (QED) is 0.758. The van der Waals surface area contributed by atoms with Gasteiger partial charge < -0.3 is 9.47 Å². The molecule has 0 N–H and O–H groups in total. The molecule has 0 bridgehead atoms. The van der Waals surface area contributed by atoms with Crippen LogP contribution in [-0.4, -0.2) is 33.4 Å². The zero-order valence-electron chi connectivity index (χ0n) is 10.5. The van der Waals surface area contributed by atoms with E-state index in [1.165, 1.54) is 24.3 Å². The zero-order chi connectivity index (χ0) is 13.8. The van der Waals surface area contributed by atoms with E-state index in [9.17, 15) is 13.2 Å². The van der Waals surface area contributed by atoms with Crippen LogP contribution in [0.5, 0.6) is 5.75 Å². The number of rotatable bonds is 5. The van der Waals surface area contributed by atoms with Crippen molar-refractivity contribution in [3.63, 3.8) is 0 Å². The highest BCUT2D eigenvalue weighted by Crippen LogP contribution is 2.17. The van der Waals surface area contributed by atoms with Gasteiger partial charge in [0.25, 0.3) is 0 Å². The summed E-state index contributed by atoms with van der Waals surface area (Å²) in [5.74, 6) is -0.0346. The highest BCUT2D eigenvalue weighted by molar-refractivity contribution is 7.90. The van der Waals surface area contributed by atoms with E-state index in [0.29, 0.717) is 12.4 Å². The van der Waals surface area contributed by atoms with E-state index in [2.05, 4.69) is 0 Å². The summed E-state index contributed by atoms with van der Waals surface area (Å²) in [6.45, 7) is 3.58. The molecule has 1 rings (SSSR count). The van der Waals surface area contributed by atoms with E-state index in [-0.39, 0.29) is 4.90 Å². The summed E-state index contributed by atoms with van der Waals surface area (Å²) in [5, 5.41) is 0. The lowest BCUT2D eigenvalue weighted by molar-refractivity contribution is -0.150. The van der Waals surface area contributed by atoms with E-state index >= 15 is 0 Å². The SMILES string of the molecule is CCOC(=O)C(C)Oc1ccc(S(C)(=O)=O)cc1. The predicted molar refractivity (Wildman–Crippen MR) is 66.3 cm³/mol. The fourth-order valence-electron chi connectivity index (χ4n) is 1.28. The number of esters is 1. The van der Waals surface area contributed by atoms with E-state index < -0.39 is 21.9 Å². The number of ether oxygens (including phenoxy) is 2.